The molecule has 188 valence electrons. The molecule has 3 aromatic heterocycles. The van der Waals surface area contributed by atoms with Crippen molar-refractivity contribution in [3.63, 3.8) is 0 Å². The molecule has 0 amide bonds. The van der Waals surface area contributed by atoms with E-state index in [1.165, 1.54) is 45.7 Å². The van der Waals surface area contributed by atoms with E-state index in [1.807, 2.05) is 12.1 Å². The first-order valence-electron chi connectivity index (χ1n) is 13.1. The number of carboxylic acid groups (broad SMARTS) is 1. The van der Waals surface area contributed by atoms with Crippen molar-refractivity contribution in [1.82, 2.24) is 14.5 Å². The molecule has 0 atom stereocenters. The third-order valence-corrected chi connectivity index (χ3v) is 9.05. The Morgan fingerprint density at radius 3 is 2.70 bits per heavy atom. The van der Waals surface area contributed by atoms with Crippen LogP contribution in [-0.4, -0.2) is 32.2 Å². The number of hydrogen-bond acceptors (Lipinski definition) is 4. The minimum absolute atomic E-state index is 0.323. The van der Waals surface area contributed by atoms with Crippen molar-refractivity contribution in [3.05, 3.63) is 57.3 Å². The van der Waals surface area contributed by atoms with Gasteiger partial charge in [-0.1, -0.05) is 25.3 Å². The number of imidazole rings is 1. The summed E-state index contributed by atoms with van der Waals surface area (Å²) in [5, 5.41) is 10.9. The molecule has 5 aromatic rings. The molecule has 0 bridgehead atoms. The SMILES string of the molecule is Cc1cc(-c2nc3ccc4c(c3[nH]2)OCCn2c-4c(C3CCCCC3)c3ccc(C(=O)O)cc32)c(C)s1. The summed E-state index contributed by atoms with van der Waals surface area (Å²) in [7, 11) is 0. The zero-order valence-corrected chi connectivity index (χ0v) is 21.9. The van der Waals surface area contributed by atoms with Crippen LogP contribution >= 0.6 is 11.3 Å². The van der Waals surface area contributed by atoms with Gasteiger partial charge < -0.3 is 19.4 Å². The number of H-pyrrole nitrogens is 1. The fourth-order valence-corrected chi connectivity index (χ4v) is 7.38. The van der Waals surface area contributed by atoms with E-state index in [0.29, 0.717) is 24.6 Å². The van der Waals surface area contributed by atoms with E-state index in [2.05, 4.69) is 41.6 Å². The molecule has 0 radical (unpaired) electrons. The number of aryl methyl sites for hydroxylation is 2. The number of aromatic carboxylic acids is 1. The number of aromatic nitrogens is 3. The second-order valence-electron chi connectivity index (χ2n) is 10.4. The molecule has 7 rings (SSSR count). The number of thiophene rings is 1. The second kappa shape index (κ2) is 8.48. The molecule has 4 heterocycles. The van der Waals surface area contributed by atoms with Crippen LogP contribution in [0.2, 0.25) is 0 Å². The van der Waals surface area contributed by atoms with Gasteiger partial charge in [-0.25, -0.2) is 9.78 Å². The smallest absolute Gasteiger partial charge is 0.335 e. The maximum absolute atomic E-state index is 11.8. The van der Waals surface area contributed by atoms with Crippen LogP contribution in [0.25, 0.3) is 44.6 Å². The molecule has 1 fully saturated rings. The van der Waals surface area contributed by atoms with Crippen LogP contribution in [0.5, 0.6) is 5.75 Å². The zero-order chi connectivity index (χ0) is 25.3. The fraction of sp³-hybridized carbons (Fsp3) is 0.333. The van der Waals surface area contributed by atoms with Gasteiger partial charge in [0.25, 0.3) is 0 Å². The normalized spacial score (nSPS) is 15.9. The molecule has 6 nitrogen and oxygen atoms in total. The summed E-state index contributed by atoms with van der Waals surface area (Å²) in [6, 6.07) is 12.0. The Labute approximate surface area is 218 Å². The van der Waals surface area contributed by atoms with Gasteiger partial charge >= 0.3 is 5.97 Å². The van der Waals surface area contributed by atoms with E-state index in [4.69, 9.17) is 9.72 Å². The highest BCUT2D eigenvalue weighted by Crippen LogP contribution is 2.48. The van der Waals surface area contributed by atoms with Crippen molar-refractivity contribution in [2.75, 3.05) is 6.61 Å². The van der Waals surface area contributed by atoms with Crippen LogP contribution < -0.4 is 4.74 Å². The summed E-state index contributed by atoms with van der Waals surface area (Å²) < 4.78 is 8.75. The van der Waals surface area contributed by atoms with Gasteiger partial charge in [-0.2, -0.15) is 0 Å². The first-order chi connectivity index (χ1) is 18.0. The third-order valence-electron chi connectivity index (χ3n) is 8.09. The molecule has 1 saturated carbocycles. The number of ether oxygens (including phenoxy) is 1. The van der Waals surface area contributed by atoms with Gasteiger partial charge in [-0.05, 0) is 68.5 Å². The average molecular weight is 512 g/mol. The van der Waals surface area contributed by atoms with Gasteiger partial charge in [-0.3, -0.25) is 0 Å². The number of carboxylic acids is 1. The largest absolute Gasteiger partial charge is 0.489 e. The highest BCUT2D eigenvalue weighted by atomic mass is 32.1. The maximum Gasteiger partial charge on any atom is 0.335 e. The lowest BCUT2D eigenvalue weighted by Crippen LogP contribution is -2.07. The van der Waals surface area contributed by atoms with Crippen LogP contribution in [0.15, 0.2) is 36.4 Å². The lowest BCUT2D eigenvalue weighted by molar-refractivity contribution is 0.0697. The van der Waals surface area contributed by atoms with Crippen LogP contribution in [-0.2, 0) is 6.54 Å². The minimum atomic E-state index is -0.896. The summed E-state index contributed by atoms with van der Waals surface area (Å²) in [4.78, 5) is 22.9. The number of nitrogens with one attached hydrogen (secondary N) is 1. The highest BCUT2D eigenvalue weighted by molar-refractivity contribution is 7.12. The maximum atomic E-state index is 11.8. The van der Waals surface area contributed by atoms with Crippen LogP contribution in [0.3, 0.4) is 0 Å². The van der Waals surface area contributed by atoms with Crippen molar-refractivity contribution in [1.29, 1.82) is 0 Å². The Balaban J connectivity index is 1.49. The van der Waals surface area contributed by atoms with Gasteiger partial charge in [0.2, 0.25) is 0 Å². The van der Waals surface area contributed by atoms with Gasteiger partial charge in [0.05, 0.1) is 23.3 Å². The lowest BCUT2D eigenvalue weighted by atomic mass is 9.81. The third kappa shape index (κ3) is 3.51. The van der Waals surface area contributed by atoms with E-state index in [0.717, 1.165) is 52.1 Å². The fourth-order valence-electron chi connectivity index (χ4n) is 6.46. The quantitative estimate of drug-likeness (QED) is 0.260. The Hall–Kier alpha value is -3.58. The van der Waals surface area contributed by atoms with Crippen molar-refractivity contribution < 1.29 is 14.6 Å². The first kappa shape index (κ1) is 22.6. The predicted octanol–water partition coefficient (Wildman–Crippen LogP) is 7.67. The highest BCUT2D eigenvalue weighted by Gasteiger charge is 2.31. The molecular formula is C30H29N3O3S. The average Bonchev–Trinajstić information content (AvgIpc) is 3.53. The molecule has 2 aromatic carbocycles. The number of benzene rings is 2. The Morgan fingerprint density at radius 1 is 1.11 bits per heavy atom. The summed E-state index contributed by atoms with van der Waals surface area (Å²) in [5.41, 5.74) is 7.86. The summed E-state index contributed by atoms with van der Waals surface area (Å²) in [6.07, 6.45) is 6.07. The topological polar surface area (TPSA) is 80.1 Å². The van der Waals surface area contributed by atoms with E-state index in [9.17, 15) is 9.90 Å². The Kier molecular flexibility index (Phi) is 5.18. The molecule has 0 saturated heterocycles. The van der Waals surface area contributed by atoms with Crippen molar-refractivity contribution in [2.24, 2.45) is 0 Å². The lowest BCUT2D eigenvalue weighted by Gasteiger charge is -2.23. The summed E-state index contributed by atoms with van der Waals surface area (Å²) in [6.45, 7) is 5.44. The molecule has 7 heteroatoms. The zero-order valence-electron chi connectivity index (χ0n) is 21.1. The van der Waals surface area contributed by atoms with Gasteiger partial charge in [-0.15, -0.1) is 11.3 Å². The number of carbonyl (C=O) groups is 1. The minimum Gasteiger partial charge on any atom is -0.489 e. The Morgan fingerprint density at radius 2 is 1.95 bits per heavy atom. The molecular weight excluding hydrogens is 482 g/mol. The molecule has 37 heavy (non-hydrogen) atoms. The number of fused-ring (bicyclic) bond motifs is 7. The van der Waals surface area contributed by atoms with E-state index < -0.39 is 5.97 Å². The first-order valence-corrected chi connectivity index (χ1v) is 13.9. The summed E-state index contributed by atoms with van der Waals surface area (Å²) >= 11 is 1.78. The van der Waals surface area contributed by atoms with Crippen LogP contribution in [0, 0.1) is 13.8 Å². The van der Waals surface area contributed by atoms with Crippen LogP contribution in [0.4, 0.5) is 0 Å². The molecule has 0 spiro atoms. The molecule has 1 aliphatic heterocycles. The van der Waals surface area contributed by atoms with E-state index in [-0.39, 0.29) is 0 Å². The number of nitrogens with zero attached hydrogens (tertiary/aromatic N) is 2. The number of rotatable bonds is 3. The molecule has 2 aliphatic rings. The number of aromatic amines is 1. The predicted molar refractivity (Wildman–Crippen MR) is 148 cm³/mol. The van der Waals surface area contributed by atoms with Crippen molar-refractivity contribution in [3.8, 4) is 28.4 Å². The second-order valence-corrected chi connectivity index (χ2v) is 11.8. The Bertz CT molecular complexity index is 1700. The van der Waals surface area contributed by atoms with Crippen molar-refractivity contribution >= 4 is 39.2 Å². The van der Waals surface area contributed by atoms with Gasteiger partial charge in [0.15, 0.2) is 5.75 Å². The van der Waals surface area contributed by atoms with Gasteiger partial charge in [0.1, 0.15) is 17.9 Å². The van der Waals surface area contributed by atoms with Crippen molar-refractivity contribution in [2.45, 2.75) is 58.4 Å². The van der Waals surface area contributed by atoms with Gasteiger partial charge in [0, 0.05) is 31.8 Å². The number of hydrogen-bond donors (Lipinski definition) is 2. The van der Waals surface area contributed by atoms with Crippen LogP contribution in [0.1, 0.15) is 63.7 Å². The molecule has 1 aliphatic carbocycles. The van der Waals surface area contributed by atoms with E-state index in [1.54, 1.807) is 17.4 Å². The molecule has 0 unspecified atom stereocenters. The monoisotopic (exact) mass is 511 g/mol. The summed E-state index contributed by atoms with van der Waals surface area (Å²) in [5.74, 6) is 1.28. The standard InChI is InChI=1S/C30H29N3O3S/c1-16-14-22(17(2)37-16)29-31-23-11-10-21-27-25(18-6-4-3-5-7-18)20-9-8-19(30(34)35)15-24(20)33(27)12-13-36-28(21)26(23)32-29/h8-11,14-15,18H,3-7,12-13H2,1-2H3,(H,31,32)(H,34,35). The molecule has 2 N–H and O–H groups in total. The van der Waals surface area contributed by atoms with E-state index >= 15 is 0 Å².